The standard InChI is InChI=1S/2C15H12F2N2.Ag.BrH/c2*1-18-10-19(15-5-3-2-4-14(15)18)9-11-6-7-12(16)8-13(11)17;;/h2*2-8H,9H2,1H3;;1H/q;;+1;/p-1. The van der Waals surface area contributed by atoms with E-state index in [1.807, 2.05) is 62.6 Å². The van der Waals surface area contributed by atoms with Crippen LogP contribution in [0, 0.1) is 30.5 Å². The molecule has 0 aliphatic carbocycles. The van der Waals surface area contributed by atoms with Crippen molar-refractivity contribution < 1.29 is 32.9 Å². The van der Waals surface area contributed by atoms with Crippen LogP contribution in [0.1, 0.15) is 11.1 Å². The van der Waals surface area contributed by atoms with Gasteiger partial charge in [0.2, 0.25) is 0 Å². The van der Waals surface area contributed by atoms with Crippen molar-refractivity contribution in [2.45, 2.75) is 13.1 Å². The van der Waals surface area contributed by atoms with E-state index < -0.39 is 38.6 Å². The fourth-order valence-electron chi connectivity index (χ4n) is 4.98. The van der Waals surface area contributed by atoms with Gasteiger partial charge in [-0.2, -0.15) is 0 Å². The van der Waals surface area contributed by atoms with E-state index in [0.29, 0.717) is 11.1 Å². The Bertz CT molecular complexity index is 1970. The van der Waals surface area contributed by atoms with Gasteiger partial charge in [-0.3, -0.25) is 0 Å². The molecule has 6 aromatic rings. The second-order valence-corrected chi connectivity index (χ2v) is 14.5. The molecule has 2 heterocycles. The molecule has 0 fully saturated rings. The van der Waals surface area contributed by atoms with Crippen LogP contribution in [-0.4, -0.2) is 18.3 Å². The van der Waals surface area contributed by atoms with Gasteiger partial charge in [0.25, 0.3) is 0 Å². The van der Waals surface area contributed by atoms with Crippen molar-refractivity contribution in [1.82, 2.24) is 18.3 Å². The van der Waals surface area contributed by atoms with Crippen LogP contribution in [0.3, 0.4) is 0 Å². The number of hydrogen-bond acceptors (Lipinski definition) is 0. The van der Waals surface area contributed by atoms with Crippen LogP contribution in [-0.2, 0) is 42.6 Å². The Morgan fingerprint density at radius 2 is 0.950 bits per heavy atom. The molecule has 10 heteroatoms. The van der Waals surface area contributed by atoms with Gasteiger partial charge in [0, 0.05) is 0 Å². The van der Waals surface area contributed by atoms with Crippen LogP contribution in [0.25, 0.3) is 22.1 Å². The van der Waals surface area contributed by atoms with Gasteiger partial charge >= 0.3 is 240 Å². The van der Waals surface area contributed by atoms with Crippen molar-refractivity contribution >= 4 is 35.1 Å². The molecule has 0 saturated carbocycles. The quantitative estimate of drug-likeness (QED) is 0.133. The zero-order valence-electron chi connectivity index (χ0n) is 21.5. The van der Waals surface area contributed by atoms with Crippen LogP contribution >= 0.6 is 13.0 Å². The summed E-state index contributed by atoms with van der Waals surface area (Å²) >= 11 is 2.24. The van der Waals surface area contributed by atoms with Crippen LogP contribution < -0.4 is 0 Å². The molecule has 40 heavy (non-hydrogen) atoms. The first kappa shape index (κ1) is 27.0. The Hall–Kier alpha value is -3.24. The molecule has 0 bridgehead atoms. The normalized spacial score (nSPS) is 13.8. The fourth-order valence-corrected chi connectivity index (χ4v) is 11.2. The average Bonchev–Trinajstić information content (AvgIpc) is 3.38. The Labute approximate surface area is 239 Å². The van der Waals surface area contributed by atoms with E-state index in [1.54, 1.807) is 0 Å². The Morgan fingerprint density at radius 3 is 1.32 bits per heavy atom. The summed E-state index contributed by atoms with van der Waals surface area (Å²) in [6, 6.07) is 23.0. The zero-order chi connectivity index (χ0) is 28.1. The molecule has 4 nitrogen and oxygen atoms in total. The SMILES string of the molecule is Cn1/[c](=[Ag](/[Br])=[c]2/n(C)c3ccccc3n2Cc2ccc(F)cc2F)n(Cc2ccc(F)cc2F)c2ccccc21. The maximum absolute atomic E-state index is 14.8. The summed E-state index contributed by atoms with van der Waals surface area (Å²) in [6.07, 6.45) is 0. The van der Waals surface area contributed by atoms with E-state index in [4.69, 9.17) is 0 Å². The van der Waals surface area contributed by atoms with Gasteiger partial charge in [-0.1, -0.05) is 0 Å². The third kappa shape index (κ3) is 4.60. The molecule has 0 aliphatic rings. The van der Waals surface area contributed by atoms with Gasteiger partial charge in [-0.15, -0.1) is 0 Å². The van der Waals surface area contributed by atoms with E-state index in [2.05, 4.69) is 31.3 Å². The second kappa shape index (κ2) is 10.6. The van der Waals surface area contributed by atoms with Gasteiger partial charge < -0.3 is 0 Å². The van der Waals surface area contributed by atoms with Crippen molar-refractivity contribution in [3.8, 4) is 0 Å². The van der Waals surface area contributed by atoms with Crippen molar-refractivity contribution in [3.05, 3.63) is 127 Å². The Kier molecular flexibility index (Phi) is 7.16. The Balaban J connectivity index is 1.77. The molecular weight excluding hydrogens is 680 g/mol. The van der Waals surface area contributed by atoms with Crippen molar-refractivity contribution in [1.29, 1.82) is 0 Å². The number of fused-ring (bicyclic) bond motifs is 2. The summed E-state index contributed by atoms with van der Waals surface area (Å²) in [5.41, 5.74) is 4.45. The molecule has 0 atom stereocenters. The summed E-state index contributed by atoms with van der Waals surface area (Å²) in [6.45, 7) is 0.388. The first-order chi connectivity index (χ1) is 19.2. The van der Waals surface area contributed by atoms with Crippen molar-refractivity contribution in [2.24, 2.45) is 14.1 Å². The second-order valence-electron chi connectivity index (χ2n) is 9.40. The van der Waals surface area contributed by atoms with Crippen molar-refractivity contribution in [2.75, 3.05) is 0 Å². The van der Waals surface area contributed by atoms with E-state index in [1.165, 1.54) is 24.3 Å². The number of nitrogens with zero attached hydrogens (tertiary/aromatic N) is 4. The molecule has 210 valence electrons. The molecule has 4 aromatic carbocycles. The fraction of sp³-hybridized carbons (Fsp3) is 0.133. The number of para-hydroxylation sites is 4. The first-order valence-corrected chi connectivity index (χ1v) is 17.2. The van der Waals surface area contributed by atoms with Crippen LogP contribution in [0.4, 0.5) is 17.6 Å². The number of benzene rings is 4. The molecule has 0 amide bonds. The van der Waals surface area contributed by atoms with E-state index in [-0.39, 0.29) is 13.1 Å². The molecule has 0 aliphatic heterocycles. The number of rotatable bonds is 4. The third-order valence-corrected chi connectivity index (χ3v) is 12.4. The number of halogens is 5. The van der Waals surface area contributed by atoms with Gasteiger partial charge in [0.15, 0.2) is 0 Å². The van der Waals surface area contributed by atoms with Gasteiger partial charge in [-0.05, 0) is 0 Å². The number of aromatic nitrogens is 4. The number of imidazole rings is 2. The molecular formula is C30H24AgBrF4N4. The van der Waals surface area contributed by atoms with Gasteiger partial charge in [-0.25, -0.2) is 0 Å². The topological polar surface area (TPSA) is 19.7 Å². The predicted molar refractivity (Wildman–Crippen MR) is 148 cm³/mol. The van der Waals surface area contributed by atoms with Gasteiger partial charge in [0.1, 0.15) is 0 Å². The number of aryl methyl sites for hydroxylation is 2. The van der Waals surface area contributed by atoms with Crippen LogP contribution in [0.2, 0.25) is 0 Å². The van der Waals surface area contributed by atoms with Gasteiger partial charge in [0.05, 0.1) is 0 Å². The summed E-state index contributed by atoms with van der Waals surface area (Å²) in [7, 11) is 3.93. The van der Waals surface area contributed by atoms with Crippen LogP contribution in [0.5, 0.6) is 0 Å². The molecule has 0 radical (unpaired) electrons. The third-order valence-electron chi connectivity index (χ3n) is 6.90. The van der Waals surface area contributed by atoms with Crippen molar-refractivity contribution in [3.63, 3.8) is 0 Å². The van der Waals surface area contributed by atoms with E-state index in [0.717, 1.165) is 41.5 Å². The average molecular weight is 704 g/mol. The summed E-state index contributed by atoms with van der Waals surface area (Å²) < 4.78 is 67.2. The minimum atomic E-state index is -1.81. The first-order valence-electron chi connectivity index (χ1n) is 12.3. The summed E-state index contributed by atoms with van der Waals surface area (Å²) in [4.78, 5) is 0. The molecule has 6 rings (SSSR count). The summed E-state index contributed by atoms with van der Waals surface area (Å²) in [5, 5.41) is 0. The monoisotopic (exact) mass is 702 g/mol. The molecule has 0 spiro atoms. The van der Waals surface area contributed by atoms with Crippen LogP contribution in [0.15, 0.2) is 84.9 Å². The van der Waals surface area contributed by atoms with E-state index >= 15 is 0 Å². The number of hydrogen-bond donors (Lipinski definition) is 0. The molecule has 0 N–H and O–H groups in total. The minimum absolute atomic E-state index is 0.194. The zero-order valence-corrected chi connectivity index (χ0v) is 24.5. The molecule has 2 aromatic heterocycles. The predicted octanol–water partition coefficient (Wildman–Crippen LogP) is 7.62. The molecule has 0 unspecified atom stereocenters. The van der Waals surface area contributed by atoms with E-state index in [9.17, 15) is 17.6 Å². The molecule has 0 saturated heterocycles. The Morgan fingerprint density at radius 1 is 0.575 bits per heavy atom. The maximum atomic E-state index is 14.8. The summed E-state index contributed by atoms with van der Waals surface area (Å²) in [5.74, 6) is -2.47.